The van der Waals surface area contributed by atoms with Gasteiger partial charge in [0, 0.05) is 12.8 Å². The van der Waals surface area contributed by atoms with Crippen LogP contribution in [0.3, 0.4) is 0 Å². The van der Waals surface area contributed by atoms with E-state index in [-0.39, 0.29) is 18.5 Å². The number of carbonyl (C=O) groups is 2. The van der Waals surface area contributed by atoms with Crippen molar-refractivity contribution in [3.63, 3.8) is 0 Å². The second-order valence-electron chi connectivity index (χ2n) is 28.8. The fourth-order valence-corrected chi connectivity index (χ4v) is 13.4. The van der Waals surface area contributed by atoms with E-state index in [4.69, 9.17) is 4.74 Å². The Morgan fingerprint density at radius 3 is 0.789 bits per heavy atom. The van der Waals surface area contributed by atoms with Gasteiger partial charge in [-0.2, -0.15) is 0 Å². The maximum absolute atomic E-state index is 12.6. The highest BCUT2D eigenvalue weighted by atomic mass is 16.5. The Morgan fingerprint density at radius 2 is 0.522 bits per heavy atom. The molecule has 0 bridgehead atoms. The average Bonchev–Trinajstić information content (AvgIpc) is 3.70. The first kappa shape index (κ1) is 88.3. The third-order valence-electron chi connectivity index (χ3n) is 19.7. The van der Waals surface area contributed by atoms with E-state index in [0.717, 1.165) is 38.5 Å². The van der Waals surface area contributed by atoms with Crippen LogP contribution in [0.4, 0.5) is 0 Å². The van der Waals surface area contributed by atoms with Crippen molar-refractivity contribution in [2.45, 2.75) is 488 Å². The number of allylic oxidation sites excluding steroid dienone is 3. The van der Waals surface area contributed by atoms with E-state index in [2.05, 4.69) is 31.3 Å². The second-order valence-corrected chi connectivity index (χ2v) is 28.8. The predicted molar refractivity (Wildman–Crippen MR) is 398 cm³/mol. The SMILES string of the molecule is CCCCCCCCCCCCCCCCCCCCCCCCC/C=C/C(O)C(CO)NC(=O)CCCCCCCCCCCCCCCCCCC/C=C\CCCCCCCCCCCCCCCCOC(=O)CCCCCCCCCCCCCCC. The van der Waals surface area contributed by atoms with E-state index in [1.54, 1.807) is 6.08 Å². The summed E-state index contributed by atoms with van der Waals surface area (Å²) in [6.07, 6.45) is 103. The van der Waals surface area contributed by atoms with Crippen molar-refractivity contribution in [2.75, 3.05) is 13.2 Å². The molecule has 0 rings (SSSR count). The number of hydrogen-bond donors (Lipinski definition) is 3. The molecule has 0 aromatic rings. The molecular formula is C84H163NO5. The van der Waals surface area contributed by atoms with Gasteiger partial charge in [-0.25, -0.2) is 0 Å². The van der Waals surface area contributed by atoms with E-state index < -0.39 is 12.1 Å². The molecule has 3 N–H and O–H groups in total. The summed E-state index contributed by atoms with van der Waals surface area (Å²) in [5.74, 6) is -0.0360. The zero-order valence-electron chi connectivity index (χ0n) is 61.4. The van der Waals surface area contributed by atoms with E-state index in [1.807, 2.05) is 6.08 Å². The topological polar surface area (TPSA) is 95.9 Å². The molecule has 0 aromatic carbocycles. The molecule has 2 atom stereocenters. The number of amides is 1. The van der Waals surface area contributed by atoms with Crippen LogP contribution >= 0.6 is 0 Å². The van der Waals surface area contributed by atoms with E-state index in [0.29, 0.717) is 19.4 Å². The van der Waals surface area contributed by atoms with Crippen LogP contribution in [0, 0.1) is 0 Å². The summed E-state index contributed by atoms with van der Waals surface area (Å²) in [5, 5.41) is 23.3. The van der Waals surface area contributed by atoms with Gasteiger partial charge in [0.15, 0.2) is 0 Å². The van der Waals surface area contributed by atoms with Crippen molar-refractivity contribution in [3.8, 4) is 0 Å². The van der Waals surface area contributed by atoms with Crippen molar-refractivity contribution >= 4 is 11.9 Å². The van der Waals surface area contributed by atoms with Crippen LogP contribution in [0.15, 0.2) is 24.3 Å². The standard InChI is InChI=1S/C84H163NO5/c1-3-5-7-9-11-13-15-17-18-19-20-21-22-34-37-40-43-46-49-53-56-60-64-68-72-76-82(87)81(80-86)85-83(88)77-73-69-65-61-57-54-50-47-44-41-38-35-32-30-28-26-24-23-25-27-29-31-33-36-39-42-45-48-51-55-59-63-67-71-75-79-90-84(89)78-74-70-66-62-58-52-16-14-12-10-8-6-4-2/h25,27,72,76,81-82,86-87H,3-24,26,28-71,73-75,77-80H2,1-2H3,(H,85,88)/b27-25-,76-72+. The number of aliphatic hydroxyl groups excluding tert-OH is 2. The van der Waals surface area contributed by atoms with Gasteiger partial charge in [-0.15, -0.1) is 0 Å². The highest BCUT2D eigenvalue weighted by Crippen LogP contribution is 2.20. The summed E-state index contributed by atoms with van der Waals surface area (Å²) < 4.78 is 5.50. The molecule has 1 amide bonds. The number of aliphatic hydroxyl groups is 2. The zero-order chi connectivity index (χ0) is 64.9. The quantitative estimate of drug-likeness (QED) is 0.0320. The van der Waals surface area contributed by atoms with Crippen molar-refractivity contribution in [1.29, 1.82) is 0 Å². The minimum absolute atomic E-state index is 0.0226. The lowest BCUT2D eigenvalue weighted by molar-refractivity contribution is -0.143. The third-order valence-corrected chi connectivity index (χ3v) is 19.7. The molecule has 0 aliphatic rings. The Labute approximate surface area is 564 Å². The van der Waals surface area contributed by atoms with Crippen LogP contribution in [0.2, 0.25) is 0 Å². The van der Waals surface area contributed by atoms with Gasteiger partial charge in [0.05, 0.1) is 25.4 Å². The summed E-state index contributed by atoms with van der Waals surface area (Å²) in [4.78, 5) is 24.6. The summed E-state index contributed by atoms with van der Waals surface area (Å²) in [6.45, 7) is 4.96. The lowest BCUT2D eigenvalue weighted by atomic mass is 10.0. The maximum atomic E-state index is 12.6. The van der Waals surface area contributed by atoms with Crippen molar-refractivity contribution in [2.24, 2.45) is 0 Å². The molecule has 0 saturated carbocycles. The van der Waals surface area contributed by atoms with Crippen molar-refractivity contribution < 1.29 is 24.5 Å². The van der Waals surface area contributed by atoms with Crippen LogP contribution < -0.4 is 5.32 Å². The fourth-order valence-electron chi connectivity index (χ4n) is 13.4. The molecule has 90 heavy (non-hydrogen) atoms. The van der Waals surface area contributed by atoms with Gasteiger partial charge in [0.2, 0.25) is 5.91 Å². The lowest BCUT2D eigenvalue weighted by Crippen LogP contribution is -2.45. The van der Waals surface area contributed by atoms with Crippen molar-refractivity contribution in [3.05, 3.63) is 24.3 Å². The van der Waals surface area contributed by atoms with E-state index >= 15 is 0 Å². The van der Waals surface area contributed by atoms with E-state index in [1.165, 1.54) is 411 Å². The molecule has 0 fully saturated rings. The normalized spacial score (nSPS) is 12.5. The minimum Gasteiger partial charge on any atom is -0.466 e. The smallest absolute Gasteiger partial charge is 0.305 e. The largest absolute Gasteiger partial charge is 0.466 e. The lowest BCUT2D eigenvalue weighted by Gasteiger charge is -2.20. The van der Waals surface area contributed by atoms with Crippen LogP contribution in [0.25, 0.3) is 0 Å². The number of rotatable bonds is 79. The summed E-state index contributed by atoms with van der Waals surface area (Å²) in [6, 6.07) is -0.627. The Bertz CT molecular complexity index is 1410. The van der Waals surface area contributed by atoms with Gasteiger partial charge in [0.25, 0.3) is 0 Å². The first-order chi connectivity index (χ1) is 44.5. The van der Waals surface area contributed by atoms with Crippen molar-refractivity contribution in [1.82, 2.24) is 5.32 Å². The molecule has 0 heterocycles. The van der Waals surface area contributed by atoms with Crippen LogP contribution in [0.1, 0.15) is 476 Å². The zero-order valence-corrected chi connectivity index (χ0v) is 61.4. The molecule has 2 unspecified atom stereocenters. The Morgan fingerprint density at radius 1 is 0.300 bits per heavy atom. The monoisotopic (exact) mass is 1270 g/mol. The Balaban J connectivity index is 3.36. The summed E-state index contributed by atoms with van der Waals surface area (Å²) in [7, 11) is 0. The third kappa shape index (κ3) is 75.4. The molecule has 0 aliphatic carbocycles. The molecule has 0 spiro atoms. The number of nitrogens with one attached hydrogen (secondary N) is 1. The highest BCUT2D eigenvalue weighted by molar-refractivity contribution is 5.76. The van der Waals surface area contributed by atoms with Gasteiger partial charge in [-0.1, -0.05) is 430 Å². The summed E-state index contributed by atoms with van der Waals surface area (Å²) >= 11 is 0. The molecule has 6 nitrogen and oxygen atoms in total. The number of ether oxygens (including phenoxy) is 1. The van der Waals surface area contributed by atoms with Gasteiger partial charge in [0.1, 0.15) is 0 Å². The average molecular weight is 1270 g/mol. The van der Waals surface area contributed by atoms with Crippen LogP contribution in [-0.4, -0.2) is 47.4 Å². The number of carbonyl (C=O) groups excluding carboxylic acids is 2. The Kier molecular flexibility index (Phi) is 78.3. The van der Waals surface area contributed by atoms with Crippen LogP contribution in [-0.2, 0) is 14.3 Å². The second kappa shape index (κ2) is 79.8. The molecule has 6 heteroatoms. The van der Waals surface area contributed by atoms with E-state index in [9.17, 15) is 19.8 Å². The first-order valence-corrected chi connectivity index (χ1v) is 41.6. The van der Waals surface area contributed by atoms with Gasteiger partial charge >= 0.3 is 5.97 Å². The van der Waals surface area contributed by atoms with Gasteiger partial charge in [-0.3, -0.25) is 9.59 Å². The van der Waals surface area contributed by atoms with Gasteiger partial charge in [-0.05, 0) is 57.8 Å². The molecule has 0 aromatic heterocycles. The maximum Gasteiger partial charge on any atom is 0.305 e. The number of hydrogen-bond acceptors (Lipinski definition) is 5. The molecule has 0 radical (unpaired) electrons. The minimum atomic E-state index is -0.843. The fraction of sp³-hybridized carbons (Fsp3) is 0.929. The molecular weight excluding hydrogens is 1100 g/mol. The van der Waals surface area contributed by atoms with Crippen LogP contribution in [0.5, 0.6) is 0 Å². The first-order valence-electron chi connectivity index (χ1n) is 41.6. The Hall–Kier alpha value is -1.66. The number of unbranched alkanes of at least 4 members (excludes halogenated alkanes) is 66. The molecule has 534 valence electrons. The number of esters is 1. The predicted octanol–water partition coefficient (Wildman–Crippen LogP) is 27.6. The molecule has 0 aliphatic heterocycles. The van der Waals surface area contributed by atoms with Gasteiger partial charge < -0.3 is 20.3 Å². The molecule has 0 saturated heterocycles. The summed E-state index contributed by atoms with van der Waals surface area (Å²) in [5.41, 5.74) is 0. The highest BCUT2D eigenvalue weighted by Gasteiger charge is 2.18.